The molecule has 3 aromatic rings. The summed E-state index contributed by atoms with van der Waals surface area (Å²) in [6.07, 6.45) is 0.977. The molecule has 0 radical (unpaired) electrons. The lowest BCUT2D eigenvalue weighted by atomic mass is 10.1. The predicted molar refractivity (Wildman–Crippen MR) is 142 cm³/mol. The zero-order valence-corrected chi connectivity index (χ0v) is 22.1. The fourth-order valence-corrected chi connectivity index (χ4v) is 5.34. The van der Waals surface area contributed by atoms with E-state index in [0.717, 1.165) is 28.6 Å². The third-order valence-corrected chi connectivity index (χ3v) is 7.71. The van der Waals surface area contributed by atoms with Gasteiger partial charge in [0.25, 0.3) is 10.0 Å². The molecule has 0 aliphatic heterocycles. The second kappa shape index (κ2) is 13.1. The summed E-state index contributed by atoms with van der Waals surface area (Å²) in [6.45, 7) is 3.44. The van der Waals surface area contributed by atoms with E-state index in [9.17, 15) is 26.8 Å². The summed E-state index contributed by atoms with van der Waals surface area (Å²) in [5.74, 6) is -2.03. The fourth-order valence-electron chi connectivity index (χ4n) is 3.93. The molecular weight excluding hydrogens is 512 g/mol. The number of hydrogen-bond acceptors (Lipinski definition) is 4. The summed E-state index contributed by atoms with van der Waals surface area (Å²) in [5.41, 5.74) is 0.810. The Hall–Kier alpha value is -3.79. The van der Waals surface area contributed by atoms with Crippen LogP contribution in [0.1, 0.15) is 32.3 Å². The molecule has 202 valence electrons. The van der Waals surface area contributed by atoms with Gasteiger partial charge in [-0.3, -0.25) is 13.9 Å². The van der Waals surface area contributed by atoms with Crippen molar-refractivity contribution in [2.75, 3.05) is 17.4 Å². The Labute approximate surface area is 222 Å². The minimum absolute atomic E-state index is 0.0314. The molecule has 0 unspecified atom stereocenters. The predicted octanol–water partition coefficient (Wildman–Crippen LogP) is 4.49. The van der Waals surface area contributed by atoms with Gasteiger partial charge in [0.2, 0.25) is 11.8 Å². The Morgan fingerprint density at radius 2 is 1.45 bits per heavy atom. The number of nitrogens with zero attached hydrogens (tertiary/aromatic N) is 2. The van der Waals surface area contributed by atoms with Gasteiger partial charge in [-0.15, -0.1) is 0 Å². The van der Waals surface area contributed by atoms with Crippen LogP contribution in [0, 0.1) is 11.6 Å². The van der Waals surface area contributed by atoms with Crippen molar-refractivity contribution in [1.29, 1.82) is 0 Å². The second-order valence-electron chi connectivity index (χ2n) is 8.66. The fraction of sp³-hybridized carbons (Fsp3) is 0.286. The quantitative estimate of drug-likeness (QED) is 0.365. The zero-order chi connectivity index (χ0) is 27.7. The number of anilines is 1. The van der Waals surface area contributed by atoms with Gasteiger partial charge < -0.3 is 10.2 Å². The van der Waals surface area contributed by atoms with E-state index < -0.39 is 40.2 Å². The molecule has 0 fully saturated rings. The normalized spacial score (nSPS) is 12.0. The van der Waals surface area contributed by atoms with Gasteiger partial charge in [-0.1, -0.05) is 44.2 Å². The van der Waals surface area contributed by atoms with Crippen LogP contribution in [0.15, 0.2) is 83.8 Å². The number of benzene rings is 3. The van der Waals surface area contributed by atoms with Gasteiger partial charge in [-0.25, -0.2) is 17.2 Å². The van der Waals surface area contributed by atoms with Gasteiger partial charge in [-0.2, -0.15) is 0 Å². The summed E-state index contributed by atoms with van der Waals surface area (Å²) in [4.78, 5) is 27.9. The molecule has 0 aliphatic carbocycles. The van der Waals surface area contributed by atoms with Crippen LogP contribution >= 0.6 is 0 Å². The maximum atomic E-state index is 13.8. The lowest BCUT2D eigenvalue weighted by Gasteiger charge is -2.33. The highest BCUT2D eigenvalue weighted by Gasteiger charge is 2.33. The van der Waals surface area contributed by atoms with Crippen LogP contribution in [0.2, 0.25) is 0 Å². The third kappa shape index (κ3) is 7.16. The second-order valence-corrected chi connectivity index (χ2v) is 10.5. The number of rotatable bonds is 12. The molecular formula is C28H31F2N3O4S. The summed E-state index contributed by atoms with van der Waals surface area (Å²) in [6, 6.07) is 17.0. The zero-order valence-electron chi connectivity index (χ0n) is 21.3. The van der Waals surface area contributed by atoms with E-state index in [0.29, 0.717) is 18.5 Å². The average Bonchev–Trinajstić information content (AvgIpc) is 2.92. The van der Waals surface area contributed by atoms with Crippen molar-refractivity contribution in [1.82, 2.24) is 10.2 Å². The molecule has 38 heavy (non-hydrogen) atoms. The molecule has 7 nitrogen and oxygen atoms in total. The molecule has 0 saturated carbocycles. The number of halogens is 2. The van der Waals surface area contributed by atoms with E-state index in [1.807, 2.05) is 6.92 Å². The Kier molecular flexibility index (Phi) is 9.95. The van der Waals surface area contributed by atoms with Crippen LogP contribution in [-0.2, 0) is 26.2 Å². The van der Waals surface area contributed by atoms with E-state index >= 15 is 0 Å². The van der Waals surface area contributed by atoms with Crippen LogP contribution in [-0.4, -0.2) is 44.3 Å². The average molecular weight is 544 g/mol. The molecule has 3 aromatic carbocycles. The summed E-state index contributed by atoms with van der Waals surface area (Å²) in [7, 11) is -4.28. The molecule has 0 saturated heterocycles. The number of hydrogen-bond donors (Lipinski definition) is 1. The highest BCUT2D eigenvalue weighted by molar-refractivity contribution is 7.92. The highest BCUT2D eigenvalue weighted by atomic mass is 32.2. The molecule has 1 atom stereocenters. The minimum Gasteiger partial charge on any atom is -0.354 e. The first kappa shape index (κ1) is 28.8. The van der Waals surface area contributed by atoms with Gasteiger partial charge in [0.1, 0.15) is 24.2 Å². The Morgan fingerprint density at radius 1 is 0.868 bits per heavy atom. The molecule has 0 aromatic heterocycles. The van der Waals surface area contributed by atoms with E-state index in [2.05, 4.69) is 5.32 Å². The van der Waals surface area contributed by atoms with Gasteiger partial charge in [0.15, 0.2) is 0 Å². The first-order valence-electron chi connectivity index (χ1n) is 12.3. The van der Waals surface area contributed by atoms with Gasteiger partial charge in [0, 0.05) is 13.1 Å². The van der Waals surface area contributed by atoms with E-state index in [-0.39, 0.29) is 29.5 Å². The molecule has 0 spiro atoms. The van der Waals surface area contributed by atoms with Crippen molar-refractivity contribution in [3.63, 3.8) is 0 Å². The Balaban J connectivity index is 2.01. The minimum atomic E-state index is -4.28. The van der Waals surface area contributed by atoms with Crippen molar-refractivity contribution in [3.8, 4) is 0 Å². The number of sulfonamides is 1. The maximum Gasteiger partial charge on any atom is 0.264 e. The van der Waals surface area contributed by atoms with Crippen molar-refractivity contribution < 1.29 is 26.8 Å². The molecule has 1 N–H and O–H groups in total. The first-order valence-corrected chi connectivity index (χ1v) is 13.8. The molecule has 0 bridgehead atoms. The van der Waals surface area contributed by atoms with Crippen molar-refractivity contribution >= 4 is 27.5 Å². The number of carbonyl (C=O) groups excluding carboxylic acids is 2. The van der Waals surface area contributed by atoms with Gasteiger partial charge in [-0.05, 0) is 66.9 Å². The van der Waals surface area contributed by atoms with Crippen LogP contribution in [0.5, 0.6) is 0 Å². The van der Waals surface area contributed by atoms with Crippen molar-refractivity contribution in [2.24, 2.45) is 0 Å². The maximum absolute atomic E-state index is 13.8. The molecule has 3 rings (SSSR count). The lowest BCUT2D eigenvalue weighted by molar-refractivity contribution is -0.140. The largest absolute Gasteiger partial charge is 0.354 e. The number of amides is 2. The van der Waals surface area contributed by atoms with E-state index in [1.54, 1.807) is 37.3 Å². The van der Waals surface area contributed by atoms with Crippen LogP contribution in [0.4, 0.5) is 14.5 Å². The number of nitrogens with one attached hydrogen (secondary N) is 1. The Morgan fingerprint density at radius 3 is 2.00 bits per heavy atom. The molecule has 0 heterocycles. The van der Waals surface area contributed by atoms with Crippen LogP contribution in [0.3, 0.4) is 0 Å². The number of carbonyl (C=O) groups is 2. The topological polar surface area (TPSA) is 86.8 Å². The monoisotopic (exact) mass is 543 g/mol. The van der Waals surface area contributed by atoms with Crippen LogP contribution < -0.4 is 9.62 Å². The van der Waals surface area contributed by atoms with E-state index in [1.165, 1.54) is 29.2 Å². The van der Waals surface area contributed by atoms with Crippen LogP contribution in [0.25, 0.3) is 0 Å². The summed E-state index contributed by atoms with van der Waals surface area (Å²) in [5, 5.41) is 2.80. The summed E-state index contributed by atoms with van der Waals surface area (Å²) >= 11 is 0. The third-order valence-electron chi connectivity index (χ3n) is 5.93. The van der Waals surface area contributed by atoms with Crippen molar-refractivity contribution in [2.45, 2.75) is 44.2 Å². The lowest BCUT2D eigenvalue weighted by Crippen LogP contribution is -2.52. The smallest absolute Gasteiger partial charge is 0.264 e. The molecule has 2 amide bonds. The van der Waals surface area contributed by atoms with E-state index in [4.69, 9.17) is 0 Å². The Bertz CT molecular complexity index is 1320. The highest BCUT2D eigenvalue weighted by Crippen LogP contribution is 2.25. The molecule has 0 aliphatic rings. The standard InChI is InChI=1S/C28H31F2N3O4S/c1-3-18-31-28(35)26(4-2)32(19-21-10-12-22(29)13-11-21)27(34)20-33(24-8-6-5-7-9-24)38(36,37)25-16-14-23(30)15-17-25/h5-17,26H,3-4,18-20H2,1-2H3,(H,31,35)/t26-/m0/s1. The number of para-hydroxylation sites is 1. The molecule has 10 heteroatoms. The SMILES string of the molecule is CCCNC(=O)[C@H](CC)N(Cc1ccc(F)cc1)C(=O)CN(c1ccccc1)S(=O)(=O)c1ccc(F)cc1. The van der Waals surface area contributed by atoms with Crippen molar-refractivity contribution in [3.05, 3.63) is 96.1 Å². The first-order chi connectivity index (χ1) is 18.2. The summed E-state index contributed by atoms with van der Waals surface area (Å²) < 4.78 is 55.2. The van der Waals surface area contributed by atoms with Gasteiger partial charge in [0.05, 0.1) is 10.6 Å². The van der Waals surface area contributed by atoms with Gasteiger partial charge >= 0.3 is 0 Å².